The smallest absolute Gasteiger partial charge is 0.311 e. The van der Waals surface area contributed by atoms with Gasteiger partial charge >= 0.3 is 5.69 Å². The molecule has 18 heavy (non-hydrogen) atoms. The Bertz CT molecular complexity index is 441. The van der Waals surface area contributed by atoms with Gasteiger partial charge in [0, 0.05) is 18.2 Å². The van der Waals surface area contributed by atoms with Gasteiger partial charge in [0.25, 0.3) is 0 Å². The van der Waals surface area contributed by atoms with Crippen LogP contribution in [-0.4, -0.2) is 23.1 Å². The summed E-state index contributed by atoms with van der Waals surface area (Å²) >= 11 is 0. The molecule has 6 nitrogen and oxygen atoms in total. The second-order valence-corrected chi connectivity index (χ2v) is 5.21. The number of methoxy groups -OCH3 is 1. The van der Waals surface area contributed by atoms with Gasteiger partial charge in [-0.1, -0.05) is 20.8 Å². The fourth-order valence-corrected chi connectivity index (χ4v) is 1.22. The van der Waals surface area contributed by atoms with Gasteiger partial charge in [-0.2, -0.15) is 4.98 Å². The molecule has 0 spiro atoms. The van der Waals surface area contributed by atoms with E-state index in [1.54, 1.807) is 0 Å². The molecule has 0 saturated heterocycles. The second kappa shape index (κ2) is 5.20. The molecular weight excluding hydrogens is 234 g/mol. The van der Waals surface area contributed by atoms with Crippen LogP contribution in [0.2, 0.25) is 0 Å². The molecule has 0 amide bonds. The van der Waals surface area contributed by atoms with Gasteiger partial charge in [0.1, 0.15) is 0 Å². The number of anilines is 1. The largest absolute Gasteiger partial charge is 0.481 e. The van der Waals surface area contributed by atoms with Crippen molar-refractivity contribution >= 4 is 11.5 Å². The summed E-state index contributed by atoms with van der Waals surface area (Å²) in [6, 6.07) is 2.91. The molecule has 1 atom stereocenters. The number of nitrogens with one attached hydrogen (secondary N) is 1. The van der Waals surface area contributed by atoms with Gasteiger partial charge in [-0.3, -0.25) is 10.1 Å². The third-order valence-corrected chi connectivity index (χ3v) is 2.91. The van der Waals surface area contributed by atoms with Crippen molar-refractivity contribution in [3.8, 4) is 5.88 Å². The van der Waals surface area contributed by atoms with Crippen LogP contribution in [0.3, 0.4) is 0 Å². The third kappa shape index (κ3) is 3.32. The summed E-state index contributed by atoms with van der Waals surface area (Å²) < 4.78 is 4.98. The average Bonchev–Trinajstić information content (AvgIpc) is 2.27. The van der Waals surface area contributed by atoms with Crippen LogP contribution < -0.4 is 10.1 Å². The lowest BCUT2D eigenvalue weighted by Crippen LogP contribution is -2.31. The molecule has 0 aliphatic carbocycles. The van der Waals surface area contributed by atoms with Crippen LogP contribution in [-0.2, 0) is 0 Å². The van der Waals surface area contributed by atoms with Gasteiger partial charge in [0.15, 0.2) is 0 Å². The maximum absolute atomic E-state index is 10.9. The lowest BCUT2D eigenvalue weighted by molar-refractivity contribution is -0.384. The maximum atomic E-state index is 10.9. The molecule has 0 aliphatic heterocycles. The lowest BCUT2D eigenvalue weighted by atomic mass is 9.88. The first-order valence-electron chi connectivity index (χ1n) is 5.71. The van der Waals surface area contributed by atoms with Crippen molar-refractivity contribution in [2.24, 2.45) is 5.41 Å². The van der Waals surface area contributed by atoms with E-state index in [2.05, 4.69) is 31.1 Å². The number of rotatable bonds is 4. The zero-order valence-corrected chi connectivity index (χ0v) is 11.4. The van der Waals surface area contributed by atoms with E-state index in [1.165, 1.54) is 19.2 Å². The molecule has 1 unspecified atom stereocenters. The number of hydrogen-bond donors (Lipinski definition) is 1. The number of aromatic nitrogens is 1. The van der Waals surface area contributed by atoms with Crippen LogP contribution in [0.15, 0.2) is 12.1 Å². The van der Waals surface area contributed by atoms with Crippen molar-refractivity contribution in [2.45, 2.75) is 33.7 Å². The summed E-state index contributed by atoms with van der Waals surface area (Å²) in [5, 5.41) is 14.0. The Morgan fingerprint density at radius 3 is 2.50 bits per heavy atom. The van der Waals surface area contributed by atoms with Crippen LogP contribution in [0.4, 0.5) is 11.5 Å². The molecule has 0 radical (unpaired) electrons. The van der Waals surface area contributed by atoms with Gasteiger partial charge in [-0.05, 0) is 12.3 Å². The van der Waals surface area contributed by atoms with Gasteiger partial charge in [-0.15, -0.1) is 0 Å². The van der Waals surface area contributed by atoms with Crippen LogP contribution in [0.5, 0.6) is 5.88 Å². The second-order valence-electron chi connectivity index (χ2n) is 5.21. The Labute approximate surface area is 107 Å². The summed E-state index contributed by atoms with van der Waals surface area (Å²) in [5.74, 6) is 0.589. The fraction of sp³-hybridized carbons (Fsp3) is 0.583. The first-order valence-corrected chi connectivity index (χ1v) is 5.71. The Morgan fingerprint density at radius 2 is 2.06 bits per heavy atom. The molecule has 0 aliphatic rings. The highest BCUT2D eigenvalue weighted by molar-refractivity contribution is 5.57. The van der Waals surface area contributed by atoms with Gasteiger partial charge in [0.2, 0.25) is 11.7 Å². The summed E-state index contributed by atoms with van der Waals surface area (Å²) in [4.78, 5) is 14.6. The molecule has 1 aromatic heterocycles. The summed E-state index contributed by atoms with van der Waals surface area (Å²) in [6.07, 6.45) is 0. The van der Waals surface area contributed by atoms with Crippen molar-refractivity contribution in [3.05, 3.63) is 22.2 Å². The zero-order valence-electron chi connectivity index (χ0n) is 11.4. The molecule has 0 fully saturated rings. The number of nitro groups is 1. The standard InChI is InChI=1S/C12H19N3O3/c1-8(12(2,3)4)13-11-9(15(16)17)6-7-10(14-11)18-5/h6-8H,1-5H3,(H,13,14). The van der Waals surface area contributed by atoms with E-state index in [0.717, 1.165) is 0 Å². The Kier molecular flexibility index (Phi) is 4.11. The lowest BCUT2D eigenvalue weighted by Gasteiger charge is -2.28. The van der Waals surface area contributed by atoms with Crippen molar-refractivity contribution in [2.75, 3.05) is 12.4 Å². The van der Waals surface area contributed by atoms with Crippen LogP contribution in [0, 0.1) is 15.5 Å². The summed E-state index contributed by atoms with van der Waals surface area (Å²) in [5.41, 5.74) is -0.0783. The fourth-order valence-electron chi connectivity index (χ4n) is 1.22. The van der Waals surface area contributed by atoms with E-state index in [9.17, 15) is 10.1 Å². The normalized spacial score (nSPS) is 12.9. The first-order chi connectivity index (χ1) is 8.25. The predicted molar refractivity (Wildman–Crippen MR) is 70.0 cm³/mol. The zero-order chi connectivity index (χ0) is 13.9. The topological polar surface area (TPSA) is 77.3 Å². The number of ether oxygens (including phenoxy) is 1. The summed E-state index contributed by atoms with van der Waals surface area (Å²) in [6.45, 7) is 8.12. The highest BCUT2D eigenvalue weighted by atomic mass is 16.6. The monoisotopic (exact) mass is 253 g/mol. The SMILES string of the molecule is COc1ccc([N+](=O)[O-])c(NC(C)C(C)(C)C)n1. The third-order valence-electron chi connectivity index (χ3n) is 2.91. The number of hydrogen-bond acceptors (Lipinski definition) is 5. The van der Waals surface area contributed by atoms with Crippen LogP contribution >= 0.6 is 0 Å². The molecule has 1 aromatic rings. The average molecular weight is 253 g/mol. The van der Waals surface area contributed by atoms with E-state index in [0.29, 0.717) is 5.88 Å². The van der Waals surface area contributed by atoms with Crippen LogP contribution in [0.1, 0.15) is 27.7 Å². The Hall–Kier alpha value is -1.85. The predicted octanol–water partition coefficient (Wildman–Crippen LogP) is 2.84. The summed E-state index contributed by atoms with van der Waals surface area (Å²) in [7, 11) is 1.48. The molecular formula is C12H19N3O3. The molecule has 0 saturated carbocycles. The highest BCUT2D eigenvalue weighted by Crippen LogP contribution is 2.29. The molecule has 1 N–H and O–H groups in total. The number of nitrogens with zero attached hydrogens (tertiary/aromatic N) is 2. The van der Waals surface area contributed by atoms with Crippen molar-refractivity contribution in [3.63, 3.8) is 0 Å². The first kappa shape index (κ1) is 14.2. The van der Waals surface area contributed by atoms with E-state index in [4.69, 9.17) is 4.74 Å². The van der Waals surface area contributed by atoms with E-state index >= 15 is 0 Å². The van der Waals surface area contributed by atoms with Gasteiger partial charge < -0.3 is 10.1 Å². The van der Waals surface area contributed by atoms with Crippen molar-refractivity contribution < 1.29 is 9.66 Å². The van der Waals surface area contributed by atoms with Gasteiger partial charge in [0.05, 0.1) is 12.0 Å². The minimum atomic E-state index is -0.454. The molecule has 1 rings (SSSR count). The minimum absolute atomic E-state index is 0.0291. The van der Waals surface area contributed by atoms with E-state index < -0.39 is 4.92 Å². The molecule has 100 valence electrons. The minimum Gasteiger partial charge on any atom is -0.481 e. The molecule has 1 heterocycles. The Morgan fingerprint density at radius 1 is 1.44 bits per heavy atom. The highest BCUT2D eigenvalue weighted by Gasteiger charge is 2.24. The van der Waals surface area contributed by atoms with Crippen molar-refractivity contribution in [1.82, 2.24) is 4.98 Å². The van der Waals surface area contributed by atoms with E-state index in [-0.39, 0.29) is 23.0 Å². The quantitative estimate of drug-likeness (QED) is 0.659. The molecule has 0 aromatic carbocycles. The number of pyridine rings is 1. The maximum Gasteiger partial charge on any atom is 0.311 e. The molecule has 6 heteroatoms. The van der Waals surface area contributed by atoms with Gasteiger partial charge in [-0.25, -0.2) is 0 Å². The Balaban J connectivity index is 3.08. The van der Waals surface area contributed by atoms with Crippen LogP contribution in [0.25, 0.3) is 0 Å². The van der Waals surface area contributed by atoms with Crippen molar-refractivity contribution in [1.29, 1.82) is 0 Å². The van der Waals surface area contributed by atoms with E-state index in [1.807, 2.05) is 6.92 Å². The molecule has 0 bridgehead atoms.